The highest BCUT2D eigenvalue weighted by Gasteiger charge is 2.14. The second-order valence-corrected chi connectivity index (χ2v) is 4.91. The number of nitrogens with zero attached hydrogens (tertiary/aromatic N) is 1. The molecule has 0 spiro atoms. The standard InChI is InChI=1S/C16H21N3O/c1-4-20-15-8-14(9-18-10-15)16(19-17)13-6-11(2)5-12(3)7-13/h5-10,16,19H,4,17H2,1-3H3. The van der Waals surface area contributed by atoms with Gasteiger partial charge >= 0.3 is 0 Å². The molecule has 1 unspecified atom stereocenters. The first-order valence-corrected chi connectivity index (χ1v) is 6.76. The average Bonchev–Trinajstić information content (AvgIpc) is 2.39. The molecule has 106 valence electrons. The zero-order valence-corrected chi connectivity index (χ0v) is 12.2. The number of hydrazine groups is 1. The predicted molar refractivity (Wildman–Crippen MR) is 80.5 cm³/mol. The number of nitrogens with two attached hydrogens (primary N) is 1. The summed E-state index contributed by atoms with van der Waals surface area (Å²) in [6.45, 7) is 6.74. The molecule has 1 atom stereocenters. The normalized spacial score (nSPS) is 12.2. The molecular weight excluding hydrogens is 250 g/mol. The highest BCUT2D eigenvalue weighted by molar-refractivity contribution is 5.37. The molecule has 1 aromatic carbocycles. The Morgan fingerprint density at radius 1 is 1.10 bits per heavy atom. The minimum absolute atomic E-state index is 0.0958. The zero-order valence-electron chi connectivity index (χ0n) is 12.2. The average molecular weight is 271 g/mol. The van der Waals surface area contributed by atoms with E-state index < -0.39 is 0 Å². The largest absolute Gasteiger partial charge is 0.492 e. The number of benzene rings is 1. The lowest BCUT2D eigenvalue weighted by molar-refractivity contribution is 0.338. The third-order valence-corrected chi connectivity index (χ3v) is 3.12. The summed E-state index contributed by atoms with van der Waals surface area (Å²) < 4.78 is 5.49. The van der Waals surface area contributed by atoms with E-state index in [4.69, 9.17) is 10.6 Å². The van der Waals surface area contributed by atoms with E-state index in [1.807, 2.05) is 19.2 Å². The smallest absolute Gasteiger partial charge is 0.137 e. The van der Waals surface area contributed by atoms with Crippen molar-refractivity contribution in [3.63, 3.8) is 0 Å². The molecule has 20 heavy (non-hydrogen) atoms. The van der Waals surface area contributed by atoms with Crippen LogP contribution in [0, 0.1) is 13.8 Å². The van der Waals surface area contributed by atoms with Gasteiger partial charge in [0, 0.05) is 6.20 Å². The SMILES string of the molecule is CCOc1cncc(C(NN)c2cc(C)cc(C)c2)c1. The number of nitrogens with one attached hydrogen (secondary N) is 1. The first kappa shape index (κ1) is 14.5. The monoisotopic (exact) mass is 271 g/mol. The molecule has 0 fully saturated rings. The summed E-state index contributed by atoms with van der Waals surface area (Å²) in [6, 6.07) is 8.28. The van der Waals surface area contributed by atoms with E-state index in [2.05, 4.69) is 42.5 Å². The maximum Gasteiger partial charge on any atom is 0.137 e. The molecule has 0 radical (unpaired) electrons. The Kier molecular flexibility index (Phi) is 4.71. The van der Waals surface area contributed by atoms with Crippen LogP contribution in [0.15, 0.2) is 36.7 Å². The van der Waals surface area contributed by atoms with E-state index >= 15 is 0 Å². The molecule has 0 aliphatic carbocycles. The van der Waals surface area contributed by atoms with Crippen LogP contribution in [0.1, 0.15) is 35.2 Å². The third kappa shape index (κ3) is 3.35. The highest BCUT2D eigenvalue weighted by Crippen LogP contribution is 2.25. The molecule has 1 heterocycles. The van der Waals surface area contributed by atoms with E-state index in [0.717, 1.165) is 16.9 Å². The highest BCUT2D eigenvalue weighted by atomic mass is 16.5. The summed E-state index contributed by atoms with van der Waals surface area (Å²) in [5.41, 5.74) is 7.41. The summed E-state index contributed by atoms with van der Waals surface area (Å²) in [7, 11) is 0. The summed E-state index contributed by atoms with van der Waals surface area (Å²) in [5.74, 6) is 6.50. The molecule has 2 aromatic rings. The Balaban J connectivity index is 2.38. The Morgan fingerprint density at radius 2 is 1.80 bits per heavy atom. The quantitative estimate of drug-likeness (QED) is 0.648. The lowest BCUT2D eigenvalue weighted by Gasteiger charge is -2.18. The summed E-state index contributed by atoms with van der Waals surface area (Å²) in [5, 5.41) is 0. The van der Waals surface area contributed by atoms with Crippen molar-refractivity contribution in [2.45, 2.75) is 26.8 Å². The van der Waals surface area contributed by atoms with Gasteiger partial charge in [-0.15, -0.1) is 0 Å². The maximum atomic E-state index is 5.74. The molecular formula is C16H21N3O. The fraction of sp³-hybridized carbons (Fsp3) is 0.312. The lowest BCUT2D eigenvalue weighted by atomic mass is 9.97. The summed E-state index contributed by atoms with van der Waals surface area (Å²) in [6.07, 6.45) is 3.52. The van der Waals surface area contributed by atoms with Gasteiger partial charge < -0.3 is 4.74 Å². The van der Waals surface area contributed by atoms with E-state index in [1.165, 1.54) is 11.1 Å². The summed E-state index contributed by atoms with van der Waals surface area (Å²) >= 11 is 0. The molecule has 0 aliphatic rings. The topological polar surface area (TPSA) is 60.2 Å². The molecule has 0 amide bonds. The van der Waals surface area contributed by atoms with Gasteiger partial charge in [0.15, 0.2) is 0 Å². The van der Waals surface area contributed by atoms with E-state index in [-0.39, 0.29) is 6.04 Å². The molecule has 0 aliphatic heterocycles. The Bertz CT molecular complexity index is 563. The molecule has 2 rings (SSSR count). The van der Waals surface area contributed by atoms with E-state index in [9.17, 15) is 0 Å². The summed E-state index contributed by atoms with van der Waals surface area (Å²) in [4.78, 5) is 4.22. The second-order valence-electron chi connectivity index (χ2n) is 4.91. The second kappa shape index (κ2) is 6.50. The molecule has 1 aromatic heterocycles. The molecule has 3 N–H and O–H groups in total. The van der Waals surface area contributed by atoms with Crippen LogP contribution in [0.3, 0.4) is 0 Å². The molecule has 0 saturated carbocycles. The Labute approximate surface area is 120 Å². The van der Waals surface area contributed by atoms with Gasteiger partial charge in [-0.2, -0.15) is 0 Å². The molecule has 4 nitrogen and oxygen atoms in total. The van der Waals surface area contributed by atoms with Gasteiger partial charge in [-0.3, -0.25) is 10.8 Å². The fourth-order valence-corrected chi connectivity index (χ4v) is 2.40. The number of aromatic nitrogens is 1. The first-order valence-electron chi connectivity index (χ1n) is 6.76. The van der Waals surface area contributed by atoms with Crippen LogP contribution in [0.5, 0.6) is 5.75 Å². The van der Waals surface area contributed by atoms with Crippen molar-refractivity contribution in [3.05, 3.63) is 58.9 Å². The number of rotatable bonds is 5. The van der Waals surface area contributed by atoms with E-state index in [1.54, 1.807) is 6.20 Å². The lowest BCUT2D eigenvalue weighted by Crippen LogP contribution is -2.29. The van der Waals surface area contributed by atoms with Crippen LogP contribution < -0.4 is 16.0 Å². The van der Waals surface area contributed by atoms with Gasteiger partial charge in [0.05, 0.1) is 18.8 Å². The minimum Gasteiger partial charge on any atom is -0.492 e. The van der Waals surface area contributed by atoms with Gasteiger partial charge in [-0.1, -0.05) is 29.3 Å². The Hall–Kier alpha value is -1.91. The van der Waals surface area contributed by atoms with Crippen LogP contribution >= 0.6 is 0 Å². The van der Waals surface area contributed by atoms with Gasteiger partial charge in [0.1, 0.15) is 5.75 Å². The minimum atomic E-state index is -0.0958. The van der Waals surface area contributed by atoms with E-state index in [0.29, 0.717) is 6.61 Å². The van der Waals surface area contributed by atoms with Crippen molar-refractivity contribution in [3.8, 4) is 5.75 Å². The van der Waals surface area contributed by atoms with Crippen molar-refractivity contribution in [2.24, 2.45) is 5.84 Å². The van der Waals surface area contributed by atoms with Crippen molar-refractivity contribution < 1.29 is 4.74 Å². The molecule has 0 bridgehead atoms. The number of hydrogen-bond acceptors (Lipinski definition) is 4. The third-order valence-electron chi connectivity index (χ3n) is 3.12. The number of hydrogen-bond donors (Lipinski definition) is 2. The van der Waals surface area contributed by atoms with Gasteiger partial charge in [-0.05, 0) is 38.0 Å². The number of pyridine rings is 1. The number of aryl methyl sites for hydroxylation is 2. The van der Waals surface area contributed by atoms with Gasteiger partial charge in [0.25, 0.3) is 0 Å². The van der Waals surface area contributed by atoms with Crippen molar-refractivity contribution in [2.75, 3.05) is 6.61 Å². The fourth-order valence-electron chi connectivity index (χ4n) is 2.40. The zero-order chi connectivity index (χ0) is 14.5. The number of ether oxygens (including phenoxy) is 1. The molecule has 0 saturated heterocycles. The van der Waals surface area contributed by atoms with Gasteiger partial charge in [-0.25, -0.2) is 5.43 Å². The van der Waals surface area contributed by atoms with Crippen molar-refractivity contribution in [1.82, 2.24) is 10.4 Å². The maximum absolute atomic E-state index is 5.74. The predicted octanol–water partition coefficient (Wildman–Crippen LogP) is 2.65. The molecule has 4 heteroatoms. The van der Waals surface area contributed by atoms with Crippen LogP contribution in [0.2, 0.25) is 0 Å². The Morgan fingerprint density at radius 3 is 2.40 bits per heavy atom. The van der Waals surface area contributed by atoms with Crippen LogP contribution in [0.4, 0.5) is 0 Å². The van der Waals surface area contributed by atoms with Crippen molar-refractivity contribution in [1.29, 1.82) is 0 Å². The van der Waals surface area contributed by atoms with Crippen LogP contribution in [0.25, 0.3) is 0 Å². The van der Waals surface area contributed by atoms with Crippen molar-refractivity contribution >= 4 is 0 Å². The van der Waals surface area contributed by atoms with Crippen LogP contribution in [-0.2, 0) is 0 Å². The van der Waals surface area contributed by atoms with Crippen LogP contribution in [-0.4, -0.2) is 11.6 Å². The van der Waals surface area contributed by atoms with Gasteiger partial charge in [0.2, 0.25) is 0 Å². The first-order chi connectivity index (χ1) is 9.63.